The minimum atomic E-state index is -0.221. The highest BCUT2D eigenvalue weighted by atomic mass is 16.5. The van der Waals surface area contributed by atoms with Crippen molar-refractivity contribution < 1.29 is 14.6 Å². The zero-order chi connectivity index (χ0) is 19.0. The van der Waals surface area contributed by atoms with Gasteiger partial charge in [0, 0.05) is 17.3 Å². The average molecular weight is 356 g/mol. The minimum Gasteiger partial charge on any atom is -0.508 e. The van der Waals surface area contributed by atoms with Crippen molar-refractivity contribution in [3.8, 4) is 35.0 Å². The number of aromatic hydroxyl groups is 1. The Morgan fingerprint density at radius 2 is 1.93 bits per heavy atom. The SMILES string of the molecule is C#Cc1c(-c2ccc(O)cc2)ccc2c1C(=Cc1[nH]ccc1OC)C(=O)N2. The number of aromatic nitrogens is 1. The molecule has 0 radical (unpaired) electrons. The predicted octanol–water partition coefficient (Wildman–Crippen LogP) is 3.87. The molecule has 0 aliphatic carbocycles. The van der Waals surface area contributed by atoms with Crippen LogP contribution in [0.15, 0.2) is 48.7 Å². The van der Waals surface area contributed by atoms with Crippen molar-refractivity contribution in [1.82, 2.24) is 4.98 Å². The largest absolute Gasteiger partial charge is 0.508 e. The Balaban J connectivity index is 1.92. The second-order valence-corrected chi connectivity index (χ2v) is 6.07. The summed E-state index contributed by atoms with van der Waals surface area (Å²) >= 11 is 0. The summed E-state index contributed by atoms with van der Waals surface area (Å²) in [5.74, 6) is 3.33. The zero-order valence-corrected chi connectivity index (χ0v) is 14.5. The van der Waals surface area contributed by atoms with Crippen molar-refractivity contribution in [2.24, 2.45) is 0 Å². The molecule has 1 aromatic heterocycles. The molecule has 0 bridgehead atoms. The van der Waals surface area contributed by atoms with Crippen molar-refractivity contribution in [2.75, 3.05) is 12.4 Å². The highest BCUT2D eigenvalue weighted by Gasteiger charge is 2.28. The Bertz CT molecular complexity index is 1120. The Kier molecular flexibility index (Phi) is 3.94. The van der Waals surface area contributed by atoms with Crippen LogP contribution in [0.1, 0.15) is 16.8 Å². The molecule has 1 aliphatic rings. The molecule has 3 N–H and O–H groups in total. The second kappa shape index (κ2) is 6.43. The molecular formula is C22H16N2O3. The molecule has 132 valence electrons. The third-order valence-corrected chi connectivity index (χ3v) is 4.54. The molecule has 2 aromatic carbocycles. The number of aromatic amines is 1. The number of fused-ring (bicyclic) bond motifs is 1. The van der Waals surface area contributed by atoms with E-state index in [0.717, 1.165) is 11.1 Å². The van der Waals surface area contributed by atoms with Gasteiger partial charge in [-0.1, -0.05) is 24.1 Å². The van der Waals surface area contributed by atoms with Gasteiger partial charge in [-0.05, 0) is 41.5 Å². The van der Waals surface area contributed by atoms with Gasteiger partial charge in [0.1, 0.15) is 11.5 Å². The van der Waals surface area contributed by atoms with Gasteiger partial charge < -0.3 is 20.1 Å². The minimum absolute atomic E-state index is 0.179. The summed E-state index contributed by atoms with van der Waals surface area (Å²) in [7, 11) is 1.57. The van der Waals surface area contributed by atoms with Gasteiger partial charge in [0.15, 0.2) is 0 Å². The number of hydrogen-bond donors (Lipinski definition) is 3. The van der Waals surface area contributed by atoms with E-state index in [1.165, 1.54) is 0 Å². The number of ether oxygens (including phenoxy) is 1. The molecule has 0 unspecified atom stereocenters. The van der Waals surface area contributed by atoms with Gasteiger partial charge in [-0.2, -0.15) is 0 Å². The van der Waals surface area contributed by atoms with Gasteiger partial charge in [0.05, 0.1) is 24.1 Å². The van der Waals surface area contributed by atoms with Crippen LogP contribution in [0.25, 0.3) is 22.8 Å². The van der Waals surface area contributed by atoms with Crippen molar-refractivity contribution in [3.05, 3.63) is 65.5 Å². The highest BCUT2D eigenvalue weighted by Crippen LogP contribution is 2.40. The van der Waals surface area contributed by atoms with E-state index in [4.69, 9.17) is 11.2 Å². The molecule has 1 aliphatic heterocycles. The van der Waals surface area contributed by atoms with E-state index in [2.05, 4.69) is 16.2 Å². The van der Waals surface area contributed by atoms with Crippen molar-refractivity contribution >= 4 is 23.2 Å². The van der Waals surface area contributed by atoms with E-state index in [0.29, 0.717) is 33.8 Å². The first kappa shape index (κ1) is 16.6. The first-order valence-corrected chi connectivity index (χ1v) is 8.30. The number of hydrogen-bond acceptors (Lipinski definition) is 3. The van der Waals surface area contributed by atoms with Crippen molar-refractivity contribution in [1.29, 1.82) is 0 Å². The number of phenolic OH excluding ortho intramolecular Hbond substituents is 1. The number of rotatable bonds is 3. The number of phenols is 1. The summed E-state index contributed by atoms with van der Waals surface area (Å²) in [5.41, 5.74) is 4.81. The smallest absolute Gasteiger partial charge is 0.256 e. The topological polar surface area (TPSA) is 74.3 Å². The number of terminal acetylenes is 1. The number of nitrogens with one attached hydrogen (secondary N) is 2. The maximum absolute atomic E-state index is 12.6. The lowest BCUT2D eigenvalue weighted by Gasteiger charge is -2.10. The van der Waals surface area contributed by atoms with Crippen LogP contribution in [-0.2, 0) is 4.79 Å². The van der Waals surface area contributed by atoms with Gasteiger partial charge >= 0.3 is 0 Å². The third-order valence-electron chi connectivity index (χ3n) is 4.54. The Hall–Kier alpha value is -3.91. The van der Waals surface area contributed by atoms with Crippen LogP contribution in [0, 0.1) is 12.3 Å². The van der Waals surface area contributed by atoms with Crippen LogP contribution in [0.2, 0.25) is 0 Å². The number of anilines is 1. The summed E-state index contributed by atoms with van der Waals surface area (Å²) < 4.78 is 5.31. The lowest BCUT2D eigenvalue weighted by molar-refractivity contribution is -0.110. The molecule has 5 nitrogen and oxygen atoms in total. The molecule has 5 heteroatoms. The van der Waals surface area contributed by atoms with Crippen molar-refractivity contribution in [2.45, 2.75) is 0 Å². The maximum atomic E-state index is 12.6. The molecule has 0 atom stereocenters. The molecule has 1 amide bonds. The molecular weight excluding hydrogens is 340 g/mol. The predicted molar refractivity (Wildman–Crippen MR) is 105 cm³/mol. The summed E-state index contributed by atoms with van der Waals surface area (Å²) in [6, 6.07) is 12.3. The average Bonchev–Trinajstić information content (AvgIpc) is 3.26. The van der Waals surface area contributed by atoms with Crippen LogP contribution in [0.4, 0.5) is 5.69 Å². The number of carbonyl (C=O) groups excluding carboxylic acids is 1. The fourth-order valence-electron chi connectivity index (χ4n) is 3.26. The molecule has 2 heterocycles. The molecule has 27 heavy (non-hydrogen) atoms. The number of H-pyrrole nitrogens is 1. The van der Waals surface area contributed by atoms with Gasteiger partial charge in [0.25, 0.3) is 5.91 Å². The fourth-order valence-corrected chi connectivity index (χ4v) is 3.26. The summed E-state index contributed by atoms with van der Waals surface area (Å²) in [6.07, 6.45) is 9.31. The number of amides is 1. The van der Waals surface area contributed by atoms with Gasteiger partial charge in [-0.3, -0.25) is 4.79 Å². The molecule has 0 fully saturated rings. The van der Waals surface area contributed by atoms with E-state index in [9.17, 15) is 9.90 Å². The van der Waals surface area contributed by atoms with Crippen molar-refractivity contribution in [3.63, 3.8) is 0 Å². The quantitative estimate of drug-likeness (QED) is 0.493. The monoisotopic (exact) mass is 356 g/mol. The zero-order valence-electron chi connectivity index (χ0n) is 14.5. The number of carbonyl (C=O) groups is 1. The lowest BCUT2D eigenvalue weighted by atomic mass is 9.92. The van der Waals surface area contributed by atoms with Gasteiger partial charge in [0.2, 0.25) is 0 Å². The van der Waals surface area contributed by atoms with Crippen LogP contribution in [0.3, 0.4) is 0 Å². The Labute approximate surface area is 156 Å². The molecule has 4 rings (SSSR count). The Morgan fingerprint density at radius 3 is 2.63 bits per heavy atom. The van der Waals surface area contributed by atoms with Crippen LogP contribution in [0.5, 0.6) is 11.5 Å². The van der Waals surface area contributed by atoms with E-state index in [1.54, 1.807) is 49.7 Å². The molecule has 0 spiro atoms. The number of methoxy groups -OCH3 is 1. The van der Waals surface area contributed by atoms with Gasteiger partial charge in [-0.25, -0.2) is 0 Å². The first-order chi connectivity index (χ1) is 13.1. The summed E-state index contributed by atoms with van der Waals surface area (Å²) in [6.45, 7) is 0. The summed E-state index contributed by atoms with van der Waals surface area (Å²) in [5, 5.41) is 12.4. The fraction of sp³-hybridized carbons (Fsp3) is 0.0455. The highest BCUT2D eigenvalue weighted by molar-refractivity contribution is 6.35. The van der Waals surface area contributed by atoms with Crippen LogP contribution in [-0.4, -0.2) is 23.1 Å². The normalized spacial score (nSPS) is 13.9. The van der Waals surface area contributed by atoms with E-state index in [1.807, 2.05) is 12.1 Å². The summed E-state index contributed by atoms with van der Waals surface area (Å²) in [4.78, 5) is 15.6. The van der Waals surface area contributed by atoms with Crippen LogP contribution < -0.4 is 10.1 Å². The van der Waals surface area contributed by atoms with Crippen LogP contribution >= 0.6 is 0 Å². The van der Waals surface area contributed by atoms with Gasteiger partial charge in [-0.15, -0.1) is 6.42 Å². The molecule has 0 saturated heterocycles. The van der Waals surface area contributed by atoms with E-state index in [-0.39, 0.29) is 11.7 Å². The standard InChI is InChI=1S/C22H16N2O3/c1-3-15-16(13-4-6-14(25)7-5-13)8-9-18-21(15)17(22(26)24-18)12-19-20(27-2)10-11-23-19/h1,4-12,23,25H,2H3,(H,24,26). The molecule has 0 saturated carbocycles. The third kappa shape index (κ3) is 2.74. The maximum Gasteiger partial charge on any atom is 0.256 e. The lowest BCUT2D eigenvalue weighted by Crippen LogP contribution is -2.03. The molecule has 3 aromatic rings. The Morgan fingerprint density at radius 1 is 1.15 bits per heavy atom. The van der Waals surface area contributed by atoms with E-state index >= 15 is 0 Å². The first-order valence-electron chi connectivity index (χ1n) is 8.30. The van der Waals surface area contributed by atoms with E-state index < -0.39 is 0 Å². The second-order valence-electron chi connectivity index (χ2n) is 6.07. The number of benzene rings is 2.